The molecule has 0 spiro atoms. The van der Waals surface area contributed by atoms with Gasteiger partial charge in [-0.15, -0.1) is 0 Å². The van der Waals surface area contributed by atoms with Crippen LogP contribution in [0.4, 0.5) is 0 Å². The van der Waals surface area contributed by atoms with Crippen LogP contribution < -0.4 is 5.73 Å². The molecule has 0 aliphatic rings. The van der Waals surface area contributed by atoms with Gasteiger partial charge in [0.1, 0.15) is 19.2 Å². The number of rotatable bonds is 9. The lowest BCUT2D eigenvalue weighted by Gasteiger charge is -2.24. The van der Waals surface area contributed by atoms with Crippen LogP contribution in [0.3, 0.4) is 0 Å². The highest BCUT2D eigenvalue weighted by atomic mass is 31.2. The Morgan fingerprint density at radius 2 is 1.83 bits per heavy atom. The van der Waals surface area contributed by atoms with Crippen molar-refractivity contribution in [2.24, 2.45) is 5.73 Å². The van der Waals surface area contributed by atoms with Crippen LogP contribution in [0.2, 0.25) is 0 Å². The second-order valence-corrected chi connectivity index (χ2v) is 6.34. The summed E-state index contributed by atoms with van der Waals surface area (Å²) in [7, 11) is 1.62. The fourth-order valence-corrected chi connectivity index (χ4v) is 1.61. The second-order valence-electron chi connectivity index (χ2n) is 4.88. The summed E-state index contributed by atoms with van der Waals surface area (Å²) in [6, 6.07) is -1.11. The first-order valence-corrected chi connectivity index (χ1v) is 6.94. The summed E-state index contributed by atoms with van der Waals surface area (Å²) in [5.74, 6) is -1.18. The predicted molar refractivity (Wildman–Crippen MR) is 64.9 cm³/mol. The molecule has 0 aromatic heterocycles. The normalized spacial score (nSPS) is 17.2. The molecule has 0 saturated heterocycles. The fraction of sp³-hybridized carbons (Fsp3) is 0.889. The Bertz CT molecular complexity index is 317. The minimum atomic E-state index is -4.12. The first kappa shape index (κ1) is 17.5. The highest BCUT2D eigenvalue weighted by Crippen LogP contribution is 2.43. The highest BCUT2D eigenvalue weighted by molar-refractivity contribution is 7.47. The number of hydrogen-bond donors (Lipinski definition) is 3. The molecule has 0 aromatic rings. The van der Waals surface area contributed by atoms with Crippen LogP contribution in [0, 0.1) is 0 Å². The molecule has 0 radical (unpaired) electrons. The number of carboxylic acids is 1. The van der Waals surface area contributed by atoms with Crippen molar-refractivity contribution >= 4 is 13.8 Å². The van der Waals surface area contributed by atoms with Crippen molar-refractivity contribution in [1.29, 1.82) is 0 Å². The Kier molecular flexibility index (Phi) is 6.98. The van der Waals surface area contributed by atoms with Gasteiger partial charge in [-0.05, 0) is 6.42 Å². The molecule has 0 bridgehead atoms. The van der Waals surface area contributed by atoms with Crippen LogP contribution in [-0.2, 0) is 18.4 Å². The molecule has 4 N–H and O–H groups in total. The van der Waals surface area contributed by atoms with E-state index in [1.54, 1.807) is 0 Å². The van der Waals surface area contributed by atoms with Gasteiger partial charge in [-0.1, -0.05) is 0 Å². The zero-order valence-electron chi connectivity index (χ0n) is 10.9. The van der Waals surface area contributed by atoms with Crippen LogP contribution in [0.25, 0.3) is 0 Å². The van der Waals surface area contributed by atoms with E-state index in [1.807, 2.05) is 21.1 Å². The summed E-state index contributed by atoms with van der Waals surface area (Å²) in [6.07, 6.45) is -0.0570. The van der Waals surface area contributed by atoms with Crippen molar-refractivity contribution in [2.45, 2.75) is 12.5 Å². The lowest BCUT2D eigenvalue weighted by molar-refractivity contribution is -0.870. The Morgan fingerprint density at radius 1 is 1.33 bits per heavy atom. The number of nitrogens with two attached hydrogens (primary N) is 1. The first-order valence-electron chi connectivity index (χ1n) is 5.44. The zero-order chi connectivity index (χ0) is 14.4. The van der Waals surface area contributed by atoms with Crippen LogP contribution in [0.1, 0.15) is 6.42 Å². The molecule has 0 amide bonds. The van der Waals surface area contributed by atoms with Gasteiger partial charge in [0.15, 0.2) is 0 Å². The summed E-state index contributed by atoms with van der Waals surface area (Å²) >= 11 is 0. The van der Waals surface area contributed by atoms with Crippen molar-refractivity contribution in [3.63, 3.8) is 0 Å². The quantitative estimate of drug-likeness (QED) is 0.390. The molecule has 0 fully saturated rings. The number of nitrogens with zero attached hydrogens (tertiary/aromatic N) is 1. The van der Waals surface area contributed by atoms with E-state index in [2.05, 4.69) is 4.52 Å². The monoisotopic (exact) mass is 285 g/mol. The number of quaternary nitrogens is 1. The van der Waals surface area contributed by atoms with Gasteiger partial charge in [-0.3, -0.25) is 13.8 Å². The molecule has 2 atom stereocenters. The molecule has 18 heavy (non-hydrogen) atoms. The van der Waals surface area contributed by atoms with E-state index in [-0.39, 0.29) is 19.6 Å². The third-order valence-corrected chi connectivity index (χ3v) is 3.03. The molecule has 8 nitrogen and oxygen atoms in total. The number of hydrogen-bond acceptors (Lipinski definition) is 5. The molecule has 0 aliphatic heterocycles. The van der Waals surface area contributed by atoms with Gasteiger partial charge in [0, 0.05) is 0 Å². The maximum atomic E-state index is 11.4. The molecule has 0 heterocycles. The smallest absolute Gasteiger partial charge is 0.472 e. The molecule has 0 saturated carbocycles. The summed E-state index contributed by atoms with van der Waals surface area (Å²) in [5.41, 5.74) is 5.21. The number of likely N-dealkylation sites (N-methyl/N-ethyl adjacent to an activating group) is 1. The van der Waals surface area contributed by atoms with E-state index < -0.39 is 19.8 Å². The summed E-state index contributed by atoms with van der Waals surface area (Å²) in [6.45, 7) is 0.371. The third-order valence-electron chi connectivity index (χ3n) is 2.02. The number of aliphatic carboxylic acids is 1. The lowest BCUT2D eigenvalue weighted by atomic mass is 10.2. The Hall–Kier alpha value is -0.500. The van der Waals surface area contributed by atoms with Crippen molar-refractivity contribution in [2.75, 3.05) is 40.9 Å². The molecule has 9 heteroatoms. The SMILES string of the molecule is C[N+](C)(C)CCOP(=O)(O)OCCC(N)C(=O)O. The number of phosphoric acid groups is 1. The van der Waals surface area contributed by atoms with Crippen LogP contribution in [0.5, 0.6) is 0 Å². The van der Waals surface area contributed by atoms with Gasteiger partial charge >= 0.3 is 13.8 Å². The van der Waals surface area contributed by atoms with Crippen LogP contribution in [0.15, 0.2) is 0 Å². The zero-order valence-corrected chi connectivity index (χ0v) is 11.8. The molecule has 0 aliphatic carbocycles. The molecule has 0 aromatic carbocycles. The second kappa shape index (κ2) is 7.18. The summed E-state index contributed by atoms with van der Waals surface area (Å²) < 4.78 is 21.3. The predicted octanol–water partition coefficient (Wildman–Crippen LogP) is -0.372. The van der Waals surface area contributed by atoms with E-state index in [4.69, 9.17) is 15.4 Å². The number of carbonyl (C=O) groups is 1. The maximum absolute atomic E-state index is 11.4. The van der Waals surface area contributed by atoms with Crippen molar-refractivity contribution in [3.05, 3.63) is 0 Å². The first-order chi connectivity index (χ1) is 8.03. The molecule has 0 rings (SSSR count). The van der Waals surface area contributed by atoms with Gasteiger partial charge in [0.05, 0.1) is 27.7 Å². The van der Waals surface area contributed by atoms with E-state index in [0.717, 1.165) is 0 Å². The number of phosphoric ester groups is 1. The van der Waals surface area contributed by atoms with E-state index in [0.29, 0.717) is 11.0 Å². The van der Waals surface area contributed by atoms with Gasteiger partial charge in [-0.2, -0.15) is 0 Å². The molecule has 2 unspecified atom stereocenters. The minimum absolute atomic E-state index is 0.0570. The van der Waals surface area contributed by atoms with E-state index in [1.165, 1.54) is 0 Å². The average molecular weight is 285 g/mol. The Balaban J connectivity index is 3.87. The van der Waals surface area contributed by atoms with Gasteiger partial charge < -0.3 is 20.2 Å². The maximum Gasteiger partial charge on any atom is 0.472 e. The van der Waals surface area contributed by atoms with Crippen molar-refractivity contribution in [3.8, 4) is 0 Å². The van der Waals surface area contributed by atoms with Gasteiger partial charge in [0.2, 0.25) is 0 Å². The van der Waals surface area contributed by atoms with E-state index in [9.17, 15) is 14.3 Å². The molecule has 108 valence electrons. The highest BCUT2D eigenvalue weighted by Gasteiger charge is 2.23. The Morgan fingerprint density at radius 3 is 2.28 bits per heavy atom. The third kappa shape index (κ3) is 9.52. The summed E-state index contributed by atoms with van der Waals surface area (Å²) in [5, 5.41) is 8.50. The molecular weight excluding hydrogens is 263 g/mol. The van der Waals surface area contributed by atoms with Gasteiger partial charge in [0.25, 0.3) is 0 Å². The topological polar surface area (TPSA) is 119 Å². The van der Waals surface area contributed by atoms with E-state index >= 15 is 0 Å². The lowest BCUT2D eigenvalue weighted by Crippen LogP contribution is -2.37. The van der Waals surface area contributed by atoms with Gasteiger partial charge in [-0.25, -0.2) is 4.57 Å². The largest absolute Gasteiger partial charge is 0.480 e. The summed E-state index contributed by atoms with van der Waals surface area (Å²) in [4.78, 5) is 19.7. The van der Waals surface area contributed by atoms with Crippen LogP contribution in [-0.4, -0.2) is 67.4 Å². The standard InChI is InChI=1S/C9H21N2O6P/c1-11(2,3)5-7-17-18(14,15)16-6-4-8(10)9(12)13/h8H,4-7,10H2,1-3H3,(H-,12,13,14,15)/p+1. The van der Waals surface area contributed by atoms with Crippen molar-refractivity contribution in [1.82, 2.24) is 0 Å². The average Bonchev–Trinajstić information content (AvgIpc) is 2.14. The molecular formula is C9H22N2O6P+. The number of carboxylic acid groups (broad SMARTS) is 1. The Labute approximate surface area is 106 Å². The minimum Gasteiger partial charge on any atom is -0.480 e. The fourth-order valence-electron chi connectivity index (χ4n) is 0.886. The van der Waals surface area contributed by atoms with Crippen LogP contribution >= 0.6 is 7.82 Å². The van der Waals surface area contributed by atoms with Crippen molar-refractivity contribution < 1.29 is 32.9 Å².